The van der Waals surface area contributed by atoms with E-state index >= 15 is 0 Å². The Morgan fingerprint density at radius 2 is 1.23 bits per heavy atom. The van der Waals surface area contributed by atoms with Gasteiger partial charge in [0.25, 0.3) is 0 Å². The Labute approximate surface area is 233 Å². The van der Waals surface area contributed by atoms with E-state index in [4.69, 9.17) is 11.6 Å². The second-order valence-corrected chi connectivity index (χ2v) is 9.94. The maximum atomic E-state index is 13.3. The zero-order chi connectivity index (χ0) is 26.6. The largest absolute Gasteiger partial charge is 0.335 e. The summed E-state index contributed by atoms with van der Waals surface area (Å²) >= 11 is 6.24. The summed E-state index contributed by atoms with van der Waals surface area (Å²) in [6.45, 7) is 0.710. The first kappa shape index (κ1) is 24.7. The molecule has 0 radical (unpaired) electrons. The maximum absolute atomic E-state index is 13.3. The summed E-state index contributed by atoms with van der Waals surface area (Å²) in [5.74, 6) is -0.0310. The van der Waals surface area contributed by atoms with Crippen molar-refractivity contribution in [3.8, 4) is 22.4 Å². The van der Waals surface area contributed by atoms with Gasteiger partial charge in [-0.05, 0) is 52.6 Å². The fourth-order valence-electron chi connectivity index (χ4n) is 5.06. The monoisotopic (exact) mass is 523 g/mol. The average molecular weight is 524 g/mol. The molecular weight excluding hydrogens is 498 g/mol. The van der Waals surface area contributed by atoms with E-state index in [1.54, 1.807) is 6.08 Å². The molecule has 3 heteroatoms. The fourth-order valence-corrected chi connectivity index (χ4v) is 5.19. The Morgan fingerprint density at radius 3 is 1.95 bits per heavy atom. The third-order valence-electron chi connectivity index (χ3n) is 6.99. The topological polar surface area (TPSA) is 22.0 Å². The van der Waals surface area contributed by atoms with Crippen LogP contribution in [0, 0.1) is 0 Å². The normalized spacial score (nSPS) is 11.3. The Balaban J connectivity index is 1.42. The minimum absolute atomic E-state index is 0.0310. The van der Waals surface area contributed by atoms with Crippen molar-refractivity contribution in [3.63, 3.8) is 0 Å². The highest BCUT2D eigenvalue weighted by atomic mass is 35.5. The lowest BCUT2D eigenvalue weighted by Gasteiger charge is -2.12. The van der Waals surface area contributed by atoms with Gasteiger partial charge in [-0.1, -0.05) is 127 Å². The molecule has 2 nitrogen and oxygen atoms in total. The van der Waals surface area contributed by atoms with Gasteiger partial charge >= 0.3 is 0 Å². The molecule has 39 heavy (non-hydrogen) atoms. The first-order valence-electron chi connectivity index (χ1n) is 13.0. The smallest absolute Gasteiger partial charge is 0.185 e. The summed E-state index contributed by atoms with van der Waals surface area (Å²) in [7, 11) is 0. The van der Waals surface area contributed by atoms with Crippen LogP contribution in [0.4, 0.5) is 0 Å². The van der Waals surface area contributed by atoms with Crippen molar-refractivity contribution in [3.05, 3.63) is 161 Å². The molecule has 0 fully saturated rings. The Kier molecular flexibility index (Phi) is 6.95. The van der Waals surface area contributed by atoms with Crippen molar-refractivity contribution < 1.29 is 4.79 Å². The second kappa shape index (κ2) is 11.0. The van der Waals surface area contributed by atoms with E-state index in [-0.39, 0.29) is 5.78 Å². The van der Waals surface area contributed by atoms with Gasteiger partial charge in [-0.2, -0.15) is 0 Å². The minimum Gasteiger partial charge on any atom is -0.335 e. The molecule has 0 N–H and O–H groups in total. The number of carbonyl (C=O) groups excluding carboxylic acids is 1. The first-order chi connectivity index (χ1) is 19.2. The average Bonchev–Trinajstić information content (AvgIpc) is 3.30. The van der Waals surface area contributed by atoms with E-state index in [1.807, 2.05) is 84.9 Å². The van der Waals surface area contributed by atoms with Gasteiger partial charge in [0.2, 0.25) is 0 Å². The minimum atomic E-state index is -0.0310. The number of benzene rings is 5. The molecule has 0 saturated carbocycles. The molecule has 188 valence electrons. The molecular formula is C36H26ClNO. The molecule has 0 bridgehead atoms. The summed E-state index contributed by atoms with van der Waals surface area (Å²) in [4.78, 5) is 13.3. The molecule has 0 unspecified atom stereocenters. The van der Waals surface area contributed by atoms with Crippen molar-refractivity contribution in [2.24, 2.45) is 0 Å². The number of carbonyl (C=O) groups is 1. The van der Waals surface area contributed by atoms with Crippen LogP contribution in [0.2, 0.25) is 5.02 Å². The van der Waals surface area contributed by atoms with Crippen LogP contribution in [0.15, 0.2) is 140 Å². The zero-order valence-electron chi connectivity index (χ0n) is 21.3. The molecule has 1 aromatic heterocycles. The molecule has 0 spiro atoms. The number of hydrogen-bond acceptors (Lipinski definition) is 1. The highest BCUT2D eigenvalue weighted by molar-refractivity contribution is 6.30. The van der Waals surface area contributed by atoms with Crippen molar-refractivity contribution >= 4 is 34.4 Å². The van der Waals surface area contributed by atoms with Gasteiger partial charge in [0.15, 0.2) is 5.78 Å². The van der Waals surface area contributed by atoms with E-state index in [2.05, 4.69) is 59.2 Å². The van der Waals surface area contributed by atoms with E-state index < -0.39 is 0 Å². The lowest BCUT2D eigenvalue weighted by molar-refractivity contribution is 0.104. The lowest BCUT2D eigenvalue weighted by Crippen LogP contribution is -2.02. The van der Waals surface area contributed by atoms with Crippen molar-refractivity contribution in [2.45, 2.75) is 6.54 Å². The van der Waals surface area contributed by atoms with Gasteiger partial charge < -0.3 is 4.57 Å². The van der Waals surface area contributed by atoms with Crippen LogP contribution >= 0.6 is 11.6 Å². The first-order valence-corrected chi connectivity index (χ1v) is 13.3. The number of hydrogen-bond donors (Lipinski definition) is 0. The molecule has 6 aromatic rings. The SMILES string of the molecule is O=C(/C=C/c1c(-c2ccc(Cl)cc2)n(Cc2ccccc2)c2ccccc12)c1ccc(-c2ccccc2)cc1. The van der Waals surface area contributed by atoms with Crippen LogP contribution in [0.5, 0.6) is 0 Å². The molecule has 0 aliphatic rings. The molecule has 0 amide bonds. The number of para-hydroxylation sites is 1. The van der Waals surface area contributed by atoms with Gasteiger partial charge in [-0.3, -0.25) is 4.79 Å². The Hall–Kier alpha value is -4.66. The van der Waals surface area contributed by atoms with Crippen molar-refractivity contribution in [1.82, 2.24) is 4.57 Å². The number of halogens is 1. The highest BCUT2D eigenvalue weighted by Gasteiger charge is 2.18. The molecule has 1 heterocycles. The highest BCUT2D eigenvalue weighted by Crippen LogP contribution is 2.36. The zero-order valence-corrected chi connectivity index (χ0v) is 22.1. The van der Waals surface area contributed by atoms with E-state index in [1.165, 1.54) is 5.56 Å². The predicted molar refractivity (Wildman–Crippen MR) is 163 cm³/mol. The molecule has 6 rings (SSSR count). The van der Waals surface area contributed by atoms with Gasteiger partial charge in [0, 0.05) is 33.6 Å². The van der Waals surface area contributed by atoms with E-state index in [0.29, 0.717) is 17.1 Å². The third-order valence-corrected chi connectivity index (χ3v) is 7.24. The molecule has 0 saturated heterocycles. The molecule has 0 aliphatic heterocycles. The van der Waals surface area contributed by atoms with Gasteiger partial charge in [-0.15, -0.1) is 0 Å². The summed E-state index contributed by atoms with van der Waals surface area (Å²) in [5, 5.41) is 1.79. The lowest BCUT2D eigenvalue weighted by atomic mass is 10.0. The van der Waals surface area contributed by atoms with Crippen molar-refractivity contribution in [1.29, 1.82) is 0 Å². The van der Waals surface area contributed by atoms with E-state index in [0.717, 1.165) is 38.9 Å². The Bertz CT molecular complexity index is 1760. The summed E-state index contributed by atoms with van der Waals surface area (Å²) in [6, 6.07) is 44.7. The standard InChI is InChI=1S/C36H26ClNO/c37-31-21-19-30(20-22-31)36-33(32-13-7-8-14-34(32)38(36)25-26-9-3-1-4-10-26)23-24-35(39)29-17-15-28(16-18-29)27-11-5-2-6-12-27/h1-24H,25H2/b24-23+. The summed E-state index contributed by atoms with van der Waals surface area (Å²) < 4.78 is 2.33. The maximum Gasteiger partial charge on any atom is 0.185 e. The number of nitrogens with zero attached hydrogens (tertiary/aromatic N) is 1. The molecule has 0 aliphatic carbocycles. The number of rotatable bonds is 7. The Morgan fingerprint density at radius 1 is 0.641 bits per heavy atom. The summed E-state index contributed by atoms with van der Waals surface area (Å²) in [5.41, 5.74) is 8.32. The van der Waals surface area contributed by atoms with Gasteiger partial charge in [0.1, 0.15) is 0 Å². The van der Waals surface area contributed by atoms with Crippen molar-refractivity contribution in [2.75, 3.05) is 0 Å². The predicted octanol–water partition coefficient (Wildman–Crippen LogP) is 9.57. The number of allylic oxidation sites excluding steroid dienone is 1. The van der Waals surface area contributed by atoms with Crippen LogP contribution in [0.1, 0.15) is 21.5 Å². The molecule has 5 aromatic carbocycles. The van der Waals surface area contributed by atoms with Crippen LogP contribution in [0.25, 0.3) is 39.4 Å². The van der Waals surface area contributed by atoms with Gasteiger partial charge in [0.05, 0.1) is 5.69 Å². The number of ketones is 1. The van der Waals surface area contributed by atoms with Gasteiger partial charge in [-0.25, -0.2) is 0 Å². The van der Waals surface area contributed by atoms with Crippen LogP contribution in [0.3, 0.4) is 0 Å². The molecule has 0 atom stereocenters. The summed E-state index contributed by atoms with van der Waals surface area (Å²) in [6.07, 6.45) is 3.65. The quantitative estimate of drug-likeness (QED) is 0.151. The second-order valence-electron chi connectivity index (χ2n) is 9.50. The van der Waals surface area contributed by atoms with Crippen LogP contribution in [-0.4, -0.2) is 10.4 Å². The number of fused-ring (bicyclic) bond motifs is 1. The van der Waals surface area contributed by atoms with Crippen LogP contribution < -0.4 is 0 Å². The fraction of sp³-hybridized carbons (Fsp3) is 0.0278. The van der Waals surface area contributed by atoms with E-state index in [9.17, 15) is 4.79 Å². The third kappa shape index (κ3) is 5.20. The number of aromatic nitrogens is 1. The van der Waals surface area contributed by atoms with Crippen LogP contribution in [-0.2, 0) is 6.54 Å².